The molecule has 1 aromatic heterocycles. The first-order valence-electron chi connectivity index (χ1n) is 10.2. The number of carbonyl (C=O) groups is 1. The summed E-state index contributed by atoms with van der Waals surface area (Å²) >= 11 is 0. The van der Waals surface area contributed by atoms with Crippen LogP contribution in [0.5, 0.6) is 0 Å². The van der Waals surface area contributed by atoms with Crippen LogP contribution in [0.4, 0.5) is 4.79 Å². The predicted molar refractivity (Wildman–Crippen MR) is 110 cm³/mol. The van der Waals surface area contributed by atoms with Gasteiger partial charge in [-0.25, -0.2) is 4.79 Å². The highest BCUT2D eigenvalue weighted by atomic mass is 16.6. The summed E-state index contributed by atoms with van der Waals surface area (Å²) in [5, 5.41) is 6.91. The first-order chi connectivity index (χ1) is 13.5. The van der Waals surface area contributed by atoms with E-state index in [1.165, 1.54) is 17.5 Å². The Balaban J connectivity index is 1.66. The molecule has 0 fully saturated rings. The van der Waals surface area contributed by atoms with Gasteiger partial charge in [0.25, 0.3) is 0 Å². The summed E-state index contributed by atoms with van der Waals surface area (Å²) in [5.74, 6) is 0.959. The van der Waals surface area contributed by atoms with Gasteiger partial charge < -0.3 is 14.6 Å². The zero-order chi connectivity index (χ0) is 21.2. The highest BCUT2D eigenvalue weighted by molar-refractivity contribution is 5.68. The molecular weight excluding hydrogens is 368 g/mol. The Morgan fingerprint density at radius 1 is 1.28 bits per heavy atom. The van der Waals surface area contributed by atoms with Gasteiger partial charge in [-0.2, -0.15) is 4.98 Å². The molecule has 3 rings (SSSR count). The van der Waals surface area contributed by atoms with E-state index in [2.05, 4.69) is 51.7 Å². The Labute approximate surface area is 172 Å². The van der Waals surface area contributed by atoms with E-state index in [9.17, 15) is 4.79 Å². The maximum atomic E-state index is 12.1. The number of fused-ring (bicyclic) bond motifs is 1. The van der Waals surface area contributed by atoms with E-state index >= 15 is 0 Å². The van der Waals surface area contributed by atoms with Gasteiger partial charge >= 0.3 is 6.09 Å². The van der Waals surface area contributed by atoms with Gasteiger partial charge in [0.15, 0.2) is 5.82 Å². The lowest BCUT2D eigenvalue weighted by molar-refractivity contribution is 0.0465. The minimum Gasteiger partial charge on any atom is -0.444 e. The van der Waals surface area contributed by atoms with Crippen molar-refractivity contribution in [3.05, 3.63) is 47.1 Å². The smallest absolute Gasteiger partial charge is 0.408 e. The maximum absolute atomic E-state index is 12.1. The predicted octanol–water partition coefficient (Wildman–Crippen LogP) is 4.34. The number of aromatic nitrogens is 2. The van der Waals surface area contributed by atoms with Crippen molar-refractivity contribution in [2.24, 2.45) is 0 Å². The fourth-order valence-electron chi connectivity index (χ4n) is 3.70. The molecule has 1 amide bonds. The first kappa shape index (κ1) is 21.3. The second kappa shape index (κ2) is 8.14. The van der Waals surface area contributed by atoms with Crippen molar-refractivity contribution in [1.29, 1.82) is 0 Å². The number of hydrogen-bond donors (Lipinski definition) is 1. The Kier molecular flexibility index (Phi) is 5.98. The Bertz CT molecular complexity index is 854. The second-order valence-electron chi connectivity index (χ2n) is 9.29. The monoisotopic (exact) mass is 400 g/mol. The van der Waals surface area contributed by atoms with Crippen LogP contribution >= 0.6 is 0 Å². The van der Waals surface area contributed by atoms with Gasteiger partial charge in [-0.05, 0) is 72.1 Å². The van der Waals surface area contributed by atoms with Gasteiger partial charge in [0.05, 0.1) is 6.54 Å². The highest BCUT2D eigenvalue weighted by Crippen LogP contribution is 2.34. The summed E-state index contributed by atoms with van der Waals surface area (Å²) in [5.41, 5.74) is 1.43. The molecule has 0 spiro atoms. The normalized spacial score (nSPS) is 17.1. The molecule has 7 nitrogen and oxygen atoms in total. The molecule has 0 aliphatic heterocycles. The number of nitrogens with zero attached hydrogens (tertiary/aromatic N) is 3. The zero-order valence-electron chi connectivity index (χ0n) is 18.3. The van der Waals surface area contributed by atoms with Gasteiger partial charge in [-0.15, -0.1) is 0 Å². The molecule has 158 valence electrons. The van der Waals surface area contributed by atoms with E-state index in [-0.39, 0.29) is 0 Å². The van der Waals surface area contributed by atoms with E-state index in [1.807, 2.05) is 34.6 Å². The molecule has 0 bridgehead atoms. The summed E-state index contributed by atoms with van der Waals surface area (Å²) in [6.45, 7) is 9.68. The molecule has 29 heavy (non-hydrogen) atoms. The van der Waals surface area contributed by atoms with Crippen LogP contribution in [0.15, 0.2) is 28.8 Å². The van der Waals surface area contributed by atoms with Gasteiger partial charge in [0.2, 0.25) is 5.89 Å². The van der Waals surface area contributed by atoms with Crippen LogP contribution in [-0.2, 0) is 23.2 Å². The van der Waals surface area contributed by atoms with Gasteiger partial charge in [-0.1, -0.05) is 29.4 Å². The summed E-state index contributed by atoms with van der Waals surface area (Å²) in [6, 6.07) is 8.96. The maximum Gasteiger partial charge on any atom is 0.408 e. The molecule has 7 heteroatoms. The first-order valence-corrected chi connectivity index (χ1v) is 10.2. The number of hydrogen-bond acceptors (Lipinski definition) is 6. The Hall–Kier alpha value is -2.41. The third-order valence-corrected chi connectivity index (χ3v) is 5.10. The molecule has 0 unspecified atom stereocenters. The highest BCUT2D eigenvalue weighted by Gasteiger charge is 2.31. The van der Waals surface area contributed by atoms with Gasteiger partial charge in [0, 0.05) is 6.04 Å². The Morgan fingerprint density at radius 2 is 2.00 bits per heavy atom. The molecule has 1 aliphatic carbocycles. The van der Waals surface area contributed by atoms with Crippen molar-refractivity contribution in [2.75, 3.05) is 7.05 Å². The molecule has 1 atom stereocenters. The standard InChI is InChI=1S/C22H32N4O3/c1-21(2,3)28-20(27)24-22(4,5)19-23-18(29-25-19)14-26(6)17-13-9-11-15-10-7-8-12-16(15)17/h7-8,10,12,17H,9,11,13-14H2,1-6H3,(H,24,27)/t17-/m0/s1. The number of aryl methyl sites for hydroxylation is 1. The molecule has 2 aromatic rings. The number of benzene rings is 1. The van der Waals surface area contributed by atoms with E-state index in [0.29, 0.717) is 24.3 Å². The minimum atomic E-state index is -0.805. The number of alkyl carbamates (subject to hydrolysis) is 1. The lowest BCUT2D eigenvalue weighted by Gasteiger charge is -2.32. The fourth-order valence-corrected chi connectivity index (χ4v) is 3.70. The SMILES string of the molecule is CN(Cc1nc(C(C)(C)NC(=O)OC(C)(C)C)no1)[C@H]1CCCc2ccccc21. The molecular formula is C22H32N4O3. The molecule has 0 radical (unpaired) electrons. The molecule has 0 saturated carbocycles. The van der Waals surface area contributed by atoms with Crippen LogP contribution in [0.1, 0.15) is 76.3 Å². The summed E-state index contributed by atoms with van der Waals surface area (Å²) < 4.78 is 10.8. The fraction of sp³-hybridized carbons (Fsp3) is 0.591. The minimum absolute atomic E-state index is 0.336. The third-order valence-electron chi connectivity index (χ3n) is 5.10. The van der Waals surface area contributed by atoms with Crippen LogP contribution in [0.25, 0.3) is 0 Å². The molecule has 1 aromatic carbocycles. The summed E-state index contributed by atoms with van der Waals surface area (Å²) in [6.07, 6.45) is 2.91. The number of carbonyl (C=O) groups excluding carboxylic acids is 1. The van der Waals surface area contributed by atoms with E-state index in [0.717, 1.165) is 12.8 Å². The quantitative estimate of drug-likeness (QED) is 0.804. The van der Waals surface area contributed by atoms with E-state index in [1.54, 1.807) is 0 Å². The molecule has 1 N–H and O–H groups in total. The zero-order valence-corrected chi connectivity index (χ0v) is 18.3. The van der Waals surface area contributed by atoms with Crippen LogP contribution < -0.4 is 5.32 Å². The number of amides is 1. The van der Waals surface area contributed by atoms with Gasteiger partial charge in [-0.3, -0.25) is 4.90 Å². The summed E-state index contributed by atoms with van der Waals surface area (Å²) in [4.78, 5) is 18.9. The molecule has 1 heterocycles. The van der Waals surface area contributed by atoms with Crippen LogP contribution in [-0.4, -0.2) is 33.8 Å². The summed E-state index contributed by atoms with van der Waals surface area (Å²) in [7, 11) is 2.08. The number of rotatable bonds is 5. The van der Waals surface area contributed by atoms with Crippen LogP contribution in [0.2, 0.25) is 0 Å². The van der Waals surface area contributed by atoms with Crippen LogP contribution in [0.3, 0.4) is 0 Å². The molecule has 0 saturated heterocycles. The number of ether oxygens (including phenoxy) is 1. The average molecular weight is 401 g/mol. The average Bonchev–Trinajstić information content (AvgIpc) is 3.08. The van der Waals surface area contributed by atoms with Crippen molar-refractivity contribution in [3.8, 4) is 0 Å². The third kappa shape index (κ3) is 5.35. The van der Waals surface area contributed by atoms with E-state index < -0.39 is 17.2 Å². The Morgan fingerprint density at radius 3 is 2.72 bits per heavy atom. The second-order valence-corrected chi connectivity index (χ2v) is 9.29. The molecule has 1 aliphatic rings. The van der Waals surface area contributed by atoms with Crippen molar-refractivity contribution < 1.29 is 14.1 Å². The van der Waals surface area contributed by atoms with Crippen molar-refractivity contribution >= 4 is 6.09 Å². The lowest BCUT2D eigenvalue weighted by Crippen LogP contribution is -2.44. The van der Waals surface area contributed by atoms with Gasteiger partial charge in [0.1, 0.15) is 11.1 Å². The topological polar surface area (TPSA) is 80.5 Å². The van der Waals surface area contributed by atoms with Crippen molar-refractivity contribution in [3.63, 3.8) is 0 Å². The van der Waals surface area contributed by atoms with E-state index in [4.69, 9.17) is 9.26 Å². The van der Waals surface area contributed by atoms with Crippen molar-refractivity contribution in [2.45, 2.75) is 77.6 Å². The number of nitrogens with one attached hydrogen (secondary N) is 1. The van der Waals surface area contributed by atoms with Crippen molar-refractivity contribution in [1.82, 2.24) is 20.4 Å². The lowest BCUT2D eigenvalue weighted by atomic mass is 9.87. The van der Waals surface area contributed by atoms with Crippen LogP contribution in [0, 0.1) is 0 Å². The largest absolute Gasteiger partial charge is 0.444 e.